The number of anilines is 1. The number of carbonyl (C=O) groups is 2. The summed E-state index contributed by atoms with van der Waals surface area (Å²) in [5.74, 6) is -0.350. The second-order valence-electron chi connectivity index (χ2n) is 5.21. The van der Waals surface area contributed by atoms with Gasteiger partial charge in [0, 0.05) is 10.7 Å². The van der Waals surface area contributed by atoms with Gasteiger partial charge in [0.15, 0.2) is 0 Å². The monoisotopic (exact) mass is 314 g/mol. The molecule has 22 heavy (non-hydrogen) atoms. The maximum atomic E-state index is 12.4. The van der Waals surface area contributed by atoms with Crippen molar-refractivity contribution in [1.82, 2.24) is 4.90 Å². The molecule has 0 bridgehead atoms. The fourth-order valence-electron chi connectivity index (χ4n) is 2.47. The van der Waals surface area contributed by atoms with E-state index in [1.807, 2.05) is 42.5 Å². The van der Waals surface area contributed by atoms with Crippen LogP contribution in [0.2, 0.25) is 5.02 Å². The number of nitrogens with one attached hydrogen (secondary N) is 1. The van der Waals surface area contributed by atoms with Gasteiger partial charge in [0.1, 0.15) is 6.04 Å². The van der Waals surface area contributed by atoms with Crippen molar-refractivity contribution >= 4 is 29.1 Å². The van der Waals surface area contributed by atoms with E-state index in [4.69, 9.17) is 11.6 Å². The third kappa shape index (κ3) is 3.12. The predicted octanol–water partition coefficient (Wildman–Crippen LogP) is 3.08. The highest BCUT2D eigenvalue weighted by Gasteiger charge is 2.38. The Hall–Kier alpha value is -2.33. The molecule has 0 unspecified atom stereocenters. The van der Waals surface area contributed by atoms with Crippen LogP contribution in [0.3, 0.4) is 0 Å². The average molecular weight is 315 g/mol. The molecule has 0 spiro atoms. The number of hydrogen-bond donors (Lipinski definition) is 1. The predicted molar refractivity (Wildman–Crippen MR) is 85.5 cm³/mol. The average Bonchev–Trinajstić information content (AvgIpc) is 2.78. The molecule has 0 aromatic heterocycles. The van der Waals surface area contributed by atoms with Crippen LogP contribution in [0.5, 0.6) is 0 Å². The van der Waals surface area contributed by atoms with Gasteiger partial charge in [-0.2, -0.15) is 0 Å². The number of benzene rings is 2. The lowest BCUT2D eigenvalue weighted by molar-refractivity contribution is -0.139. The van der Waals surface area contributed by atoms with Crippen LogP contribution in [0.25, 0.3) is 0 Å². The second kappa shape index (κ2) is 6.20. The van der Waals surface area contributed by atoms with E-state index < -0.39 is 6.04 Å². The van der Waals surface area contributed by atoms with E-state index in [1.165, 1.54) is 4.90 Å². The quantitative estimate of drug-likeness (QED) is 0.882. The molecule has 2 aromatic rings. The standard InChI is InChI=1S/C17H15ClN2O2/c18-13-8-6-12(7-9-13)11-20-16(21)10-15(17(20)22)19-14-4-2-1-3-5-14/h1-9,15,19H,10-11H2/t15-/m0/s1. The molecule has 0 aliphatic carbocycles. The lowest BCUT2D eigenvalue weighted by atomic mass is 10.2. The number of carbonyl (C=O) groups excluding carboxylic acids is 2. The highest BCUT2D eigenvalue weighted by atomic mass is 35.5. The van der Waals surface area contributed by atoms with E-state index in [-0.39, 0.29) is 24.8 Å². The molecule has 3 rings (SSSR count). The molecule has 1 saturated heterocycles. The number of halogens is 1. The molecular weight excluding hydrogens is 300 g/mol. The van der Waals surface area contributed by atoms with Crippen molar-refractivity contribution in [3.63, 3.8) is 0 Å². The molecule has 1 fully saturated rings. The Morgan fingerprint density at radius 2 is 1.73 bits per heavy atom. The zero-order chi connectivity index (χ0) is 15.5. The third-order valence-electron chi connectivity index (χ3n) is 3.61. The zero-order valence-corrected chi connectivity index (χ0v) is 12.6. The van der Waals surface area contributed by atoms with Crippen molar-refractivity contribution in [2.24, 2.45) is 0 Å². The van der Waals surface area contributed by atoms with Crippen molar-refractivity contribution in [3.8, 4) is 0 Å². The summed E-state index contributed by atoms with van der Waals surface area (Å²) in [6, 6.07) is 16.1. The number of rotatable bonds is 4. The molecule has 1 atom stereocenters. The molecule has 5 heteroatoms. The van der Waals surface area contributed by atoms with Crippen LogP contribution < -0.4 is 5.32 Å². The van der Waals surface area contributed by atoms with E-state index in [0.717, 1.165) is 11.3 Å². The molecule has 112 valence electrons. The molecule has 1 heterocycles. The minimum absolute atomic E-state index is 0.159. The number of hydrogen-bond acceptors (Lipinski definition) is 3. The van der Waals surface area contributed by atoms with Gasteiger partial charge in [0.25, 0.3) is 5.91 Å². The van der Waals surface area contributed by atoms with Crippen LogP contribution in [0, 0.1) is 0 Å². The Kier molecular flexibility index (Phi) is 4.11. The third-order valence-corrected chi connectivity index (χ3v) is 3.86. The van der Waals surface area contributed by atoms with Crippen LogP contribution in [-0.2, 0) is 16.1 Å². The van der Waals surface area contributed by atoms with Crippen molar-refractivity contribution in [2.45, 2.75) is 19.0 Å². The van der Waals surface area contributed by atoms with E-state index in [1.54, 1.807) is 12.1 Å². The van der Waals surface area contributed by atoms with E-state index in [2.05, 4.69) is 5.32 Å². The summed E-state index contributed by atoms with van der Waals surface area (Å²) in [6.07, 6.45) is 0.182. The molecular formula is C17H15ClN2O2. The Morgan fingerprint density at radius 1 is 1.05 bits per heavy atom. The lowest BCUT2D eigenvalue weighted by Crippen LogP contribution is -2.34. The number of nitrogens with zero attached hydrogens (tertiary/aromatic N) is 1. The van der Waals surface area contributed by atoms with Crippen LogP contribution in [0.4, 0.5) is 5.69 Å². The van der Waals surface area contributed by atoms with Gasteiger partial charge in [-0.3, -0.25) is 14.5 Å². The molecule has 1 N–H and O–H groups in total. The first-order chi connectivity index (χ1) is 10.6. The van der Waals surface area contributed by atoms with Gasteiger partial charge in [-0.15, -0.1) is 0 Å². The summed E-state index contributed by atoms with van der Waals surface area (Å²) < 4.78 is 0. The first kappa shape index (κ1) is 14.6. The summed E-state index contributed by atoms with van der Waals surface area (Å²) in [5, 5.41) is 3.74. The maximum Gasteiger partial charge on any atom is 0.252 e. The van der Waals surface area contributed by atoms with E-state index >= 15 is 0 Å². The molecule has 2 aromatic carbocycles. The smallest absolute Gasteiger partial charge is 0.252 e. The zero-order valence-electron chi connectivity index (χ0n) is 11.8. The van der Waals surface area contributed by atoms with Gasteiger partial charge in [0.05, 0.1) is 13.0 Å². The maximum absolute atomic E-state index is 12.4. The van der Waals surface area contributed by atoms with Gasteiger partial charge in [-0.25, -0.2) is 0 Å². The van der Waals surface area contributed by atoms with Crippen LogP contribution in [0.1, 0.15) is 12.0 Å². The van der Waals surface area contributed by atoms with Gasteiger partial charge < -0.3 is 5.32 Å². The summed E-state index contributed by atoms with van der Waals surface area (Å²) in [7, 11) is 0. The number of likely N-dealkylation sites (tertiary alicyclic amines) is 1. The molecule has 0 saturated carbocycles. The van der Waals surface area contributed by atoms with Gasteiger partial charge >= 0.3 is 0 Å². The van der Waals surface area contributed by atoms with Gasteiger partial charge in [0.2, 0.25) is 5.91 Å². The Bertz CT molecular complexity index is 686. The van der Waals surface area contributed by atoms with Gasteiger partial charge in [-0.1, -0.05) is 41.9 Å². The lowest BCUT2D eigenvalue weighted by Gasteiger charge is -2.16. The van der Waals surface area contributed by atoms with Crippen molar-refractivity contribution in [2.75, 3.05) is 5.32 Å². The highest BCUT2D eigenvalue weighted by molar-refractivity contribution is 6.30. The first-order valence-electron chi connectivity index (χ1n) is 7.04. The summed E-state index contributed by atoms with van der Waals surface area (Å²) in [5.41, 5.74) is 1.72. The Balaban J connectivity index is 1.70. The topological polar surface area (TPSA) is 49.4 Å². The van der Waals surface area contributed by atoms with Crippen molar-refractivity contribution < 1.29 is 9.59 Å². The normalized spacial score (nSPS) is 17.9. The van der Waals surface area contributed by atoms with Gasteiger partial charge in [-0.05, 0) is 29.8 Å². The first-order valence-corrected chi connectivity index (χ1v) is 7.41. The molecule has 0 radical (unpaired) electrons. The second-order valence-corrected chi connectivity index (χ2v) is 5.65. The number of para-hydroxylation sites is 1. The highest BCUT2D eigenvalue weighted by Crippen LogP contribution is 2.21. The SMILES string of the molecule is O=C1C[C@H](Nc2ccccc2)C(=O)N1Cc1ccc(Cl)cc1. The summed E-state index contributed by atoms with van der Waals surface area (Å²) >= 11 is 5.84. The fourth-order valence-corrected chi connectivity index (χ4v) is 2.60. The Morgan fingerprint density at radius 3 is 2.41 bits per heavy atom. The summed E-state index contributed by atoms with van der Waals surface area (Å²) in [6.45, 7) is 0.280. The van der Waals surface area contributed by atoms with Crippen LogP contribution in [-0.4, -0.2) is 22.8 Å². The molecule has 2 amide bonds. The summed E-state index contributed by atoms with van der Waals surface area (Å²) in [4.78, 5) is 25.8. The minimum atomic E-state index is -0.498. The largest absolute Gasteiger partial charge is 0.373 e. The van der Waals surface area contributed by atoms with Crippen LogP contribution >= 0.6 is 11.6 Å². The van der Waals surface area contributed by atoms with E-state index in [0.29, 0.717) is 5.02 Å². The molecule has 1 aliphatic rings. The number of amides is 2. The van der Waals surface area contributed by atoms with Crippen molar-refractivity contribution in [1.29, 1.82) is 0 Å². The molecule has 4 nitrogen and oxygen atoms in total. The van der Waals surface area contributed by atoms with Crippen molar-refractivity contribution in [3.05, 3.63) is 65.2 Å². The van der Waals surface area contributed by atoms with Crippen LogP contribution in [0.15, 0.2) is 54.6 Å². The number of imide groups is 1. The van der Waals surface area contributed by atoms with E-state index in [9.17, 15) is 9.59 Å². The Labute approximate surface area is 133 Å². The fraction of sp³-hybridized carbons (Fsp3) is 0.176. The minimum Gasteiger partial charge on any atom is -0.373 e. The molecule has 1 aliphatic heterocycles.